The summed E-state index contributed by atoms with van der Waals surface area (Å²) in [5.41, 5.74) is 1.54. The molecule has 0 radical (unpaired) electrons. The molecule has 0 atom stereocenters. The number of piperidine rings is 1. The minimum Gasteiger partial charge on any atom is -0.489 e. The van der Waals surface area contributed by atoms with Gasteiger partial charge in [-0.3, -0.25) is 9.59 Å². The smallest absolute Gasteiger partial charge is 0.227 e. The minimum absolute atomic E-state index is 0.0157. The van der Waals surface area contributed by atoms with Crippen LogP contribution >= 0.6 is 0 Å². The average molecular weight is 398 g/mol. The Hall–Kier alpha value is -2.89. The van der Waals surface area contributed by atoms with Crippen molar-refractivity contribution in [1.82, 2.24) is 4.90 Å². The average Bonchev–Trinajstić information content (AvgIpc) is 2.73. The summed E-state index contributed by atoms with van der Waals surface area (Å²) in [5, 5.41) is 2.95. The van der Waals surface area contributed by atoms with Gasteiger partial charge in [0.1, 0.15) is 18.2 Å². The zero-order chi connectivity index (χ0) is 20.8. The molecule has 2 amide bonds. The molecule has 1 aliphatic heterocycles. The Kier molecular flexibility index (Phi) is 6.86. The van der Waals surface area contributed by atoms with Crippen molar-refractivity contribution in [2.45, 2.75) is 33.3 Å². The van der Waals surface area contributed by atoms with Crippen LogP contribution in [0.1, 0.15) is 32.3 Å². The van der Waals surface area contributed by atoms with Gasteiger partial charge in [-0.2, -0.15) is 0 Å². The Morgan fingerprint density at radius 2 is 1.83 bits per heavy atom. The fourth-order valence-electron chi connectivity index (χ4n) is 3.38. The van der Waals surface area contributed by atoms with Crippen LogP contribution < -0.4 is 10.1 Å². The van der Waals surface area contributed by atoms with Crippen molar-refractivity contribution >= 4 is 17.5 Å². The third-order valence-corrected chi connectivity index (χ3v) is 5.09. The third kappa shape index (κ3) is 5.79. The summed E-state index contributed by atoms with van der Waals surface area (Å²) in [6.45, 7) is 5.35. The molecule has 1 aliphatic rings. The molecule has 2 aromatic rings. The van der Waals surface area contributed by atoms with Gasteiger partial charge in [-0.25, -0.2) is 4.39 Å². The molecule has 0 saturated carbocycles. The van der Waals surface area contributed by atoms with Crippen LogP contribution in [0.5, 0.6) is 5.75 Å². The van der Waals surface area contributed by atoms with Gasteiger partial charge in [0.25, 0.3) is 0 Å². The molecular weight excluding hydrogens is 371 g/mol. The standard InChI is InChI=1S/C23H27FN2O3/c1-16(2)23(28)26-12-10-18(11-13-26)22(27)25-20-4-3-5-21(14-20)29-15-17-6-8-19(24)9-7-17/h3-9,14,16,18H,10-13,15H2,1-2H3,(H,25,27). The van der Waals surface area contributed by atoms with E-state index in [2.05, 4.69) is 5.32 Å². The molecule has 1 fully saturated rings. The Labute approximate surface area is 170 Å². The van der Waals surface area contributed by atoms with Gasteiger partial charge in [-0.1, -0.05) is 32.0 Å². The van der Waals surface area contributed by atoms with E-state index in [0.29, 0.717) is 44.0 Å². The van der Waals surface area contributed by atoms with Gasteiger partial charge in [0.15, 0.2) is 0 Å². The van der Waals surface area contributed by atoms with Crippen molar-refractivity contribution in [3.8, 4) is 5.75 Å². The largest absolute Gasteiger partial charge is 0.489 e. The molecule has 1 saturated heterocycles. The first-order valence-electron chi connectivity index (χ1n) is 9.99. The first kappa shape index (κ1) is 20.8. The second-order valence-electron chi connectivity index (χ2n) is 7.69. The molecule has 0 unspecified atom stereocenters. The summed E-state index contributed by atoms with van der Waals surface area (Å²) in [6.07, 6.45) is 1.34. The van der Waals surface area contributed by atoms with Crippen LogP contribution in [0.15, 0.2) is 48.5 Å². The van der Waals surface area contributed by atoms with E-state index in [-0.39, 0.29) is 29.5 Å². The van der Waals surface area contributed by atoms with Crippen molar-refractivity contribution in [3.05, 3.63) is 59.9 Å². The van der Waals surface area contributed by atoms with E-state index in [4.69, 9.17) is 4.74 Å². The van der Waals surface area contributed by atoms with E-state index in [1.54, 1.807) is 18.2 Å². The zero-order valence-electron chi connectivity index (χ0n) is 16.9. The summed E-state index contributed by atoms with van der Waals surface area (Å²) in [5.74, 6) is 0.350. The zero-order valence-corrected chi connectivity index (χ0v) is 16.9. The molecule has 6 heteroatoms. The molecule has 0 aliphatic carbocycles. The number of nitrogens with one attached hydrogen (secondary N) is 1. The second-order valence-corrected chi connectivity index (χ2v) is 7.69. The van der Waals surface area contributed by atoms with Crippen LogP contribution in [0.25, 0.3) is 0 Å². The summed E-state index contributed by atoms with van der Waals surface area (Å²) < 4.78 is 18.7. The Balaban J connectivity index is 1.51. The molecule has 0 bridgehead atoms. The molecule has 0 spiro atoms. The van der Waals surface area contributed by atoms with Gasteiger partial charge in [0.05, 0.1) is 0 Å². The van der Waals surface area contributed by atoms with E-state index in [1.807, 2.05) is 36.9 Å². The normalized spacial score (nSPS) is 14.7. The number of carbonyl (C=O) groups is 2. The lowest BCUT2D eigenvalue weighted by Gasteiger charge is -2.32. The van der Waals surface area contributed by atoms with E-state index >= 15 is 0 Å². The van der Waals surface area contributed by atoms with E-state index in [1.165, 1.54) is 12.1 Å². The van der Waals surface area contributed by atoms with Crippen LogP contribution in [0.2, 0.25) is 0 Å². The van der Waals surface area contributed by atoms with E-state index in [0.717, 1.165) is 5.56 Å². The Bertz CT molecular complexity index is 843. The topological polar surface area (TPSA) is 58.6 Å². The summed E-state index contributed by atoms with van der Waals surface area (Å²) in [6, 6.07) is 13.4. The highest BCUT2D eigenvalue weighted by Crippen LogP contribution is 2.23. The predicted molar refractivity (Wildman–Crippen MR) is 110 cm³/mol. The second kappa shape index (κ2) is 9.54. The third-order valence-electron chi connectivity index (χ3n) is 5.09. The molecule has 2 aromatic carbocycles. The first-order valence-corrected chi connectivity index (χ1v) is 9.99. The highest BCUT2D eigenvalue weighted by Gasteiger charge is 2.28. The van der Waals surface area contributed by atoms with Gasteiger partial charge < -0.3 is 15.0 Å². The number of amides is 2. The lowest BCUT2D eigenvalue weighted by atomic mass is 9.95. The van der Waals surface area contributed by atoms with E-state index < -0.39 is 0 Å². The Morgan fingerprint density at radius 1 is 1.14 bits per heavy atom. The van der Waals surface area contributed by atoms with Gasteiger partial charge in [0.2, 0.25) is 11.8 Å². The monoisotopic (exact) mass is 398 g/mol. The number of halogens is 1. The molecule has 154 valence electrons. The summed E-state index contributed by atoms with van der Waals surface area (Å²) in [4.78, 5) is 26.5. The molecule has 29 heavy (non-hydrogen) atoms. The lowest BCUT2D eigenvalue weighted by Crippen LogP contribution is -2.43. The van der Waals surface area contributed by atoms with Gasteiger partial charge in [-0.05, 0) is 42.7 Å². The van der Waals surface area contributed by atoms with Crippen LogP contribution in [-0.2, 0) is 16.2 Å². The molecule has 3 rings (SSSR count). The number of anilines is 1. The maximum absolute atomic E-state index is 13.0. The number of rotatable bonds is 6. The maximum Gasteiger partial charge on any atom is 0.227 e. The molecule has 5 nitrogen and oxygen atoms in total. The van der Waals surface area contributed by atoms with E-state index in [9.17, 15) is 14.0 Å². The minimum atomic E-state index is -0.280. The van der Waals surface area contributed by atoms with Gasteiger partial charge in [-0.15, -0.1) is 0 Å². The predicted octanol–water partition coefficient (Wildman–Crippen LogP) is 4.24. The fraction of sp³-hybridized carbons (Fsp3) is 0.391. The first-order chi connectivity index (χ1) is 13.9. The fourth-order valence-corrected chi connectivity index (χ4v) is 3.38. The quantitative estimate of drug-likeness (QED) is 0.792. The lowest BCUT2D eigenvalue weighted by molar-refractivity contribution is -0.137. The summed E-state index contributed by atoms with van der Waals surface area (Å²) >= 11 is 0. The number of hydrogen-bond donors (Lipinski definition) is 1. The molecule has 1 heterocycles. The summed E-state index contributed by atoms with van der Waals surface area (Å²) in [7, 11) is 0. The molecule has 1 N–H and O–H groups in total. The van der Waals surface area contributed by atoms with Crippen molar-refractivity contribution in [1.29, 1.82) is 0 Å². The molecule has 0 aromatic heterocycles. The van der Waals surface area contributed by atoms with Gasteiger partial charge >= 0.3 is 0 Å². The number of nitrogens with zero attached hydrogens (tertiary/aromatic N) is 1. The van der Waals surface area contributed by atoms with Crippen LogP contribution in [0, 0.1) is 17.7 Å². The SMILES string of the molecule is CC(C)C(=O)N1CCC(C(=O)Nc2cccc(OCc3ccc(F)cc3)c2)CC1. The van der Waals surface area contributed by atoms with Crippen molar-refractivity contribution in [2.24, 2.45) is 11.8 Å². The number of ether oxygens (including phenoxy) is 1. The van der Waals surface area contributed by atoms with Crippen molar-refractivity contribution in [3.63, 3.8) is 0 Å². The number of benzene rings is 2. The number of hydrogen-bond acceptors (Lipinski definition) is 3. The molecular formula is C23H27FN2O3. The highest BCUT2D eigenvalue weighted by molar-refractivity contribution is 5.93. The Morgan fingerprint density at radius 3 is 2.48 bits per heavy atom. The number of likely N-dealkylation sites (tertiary alicyclic amines) is 1. The number of carbonyl (C=O) groups excluding carboxylic acids is 2. The maximum atomic E-state index is 13.0. The van der Waals surface area contributed by atoms with Crippen molar-refractivity contribution in [2.75, 3.05) is 18.4 Å². The van der Waals surface area contributed by atoms with Crippen LogP contribution in [0.3, 0.4) is 0 Å². The van der Waals surface area contributed by atoms with Gasteiger partial charge in [0, 0.05) is 36.7 Å². The highest BCUT2D eigenvalue weighted by atomic mass is 19.1. The van der Waals surface area contributed by atoms with Crippen LogP contribution in [-0.4, -0.2) is 29.8 Å². The van der Waals surface area contributed by atoms with Crippen molar-refractivity contribution < 1.29 is 18.7 Å². The van der Waals surface area contributed by atoms with Crippen LogP contribution in [0.4, 0.5) is 10.1 Å².